The topological polar surface area (TPSA) is 168 Å². The Morgan fingerprint density at radius 3 is 2.41 bits per heavy atom. The van der Waals surface area contributed by atoms with Crippen LogP contribution in [0.3, 0.4) is 0 Å². The number of esters is 1. The molecular weight excluding hydrogens is 998 g/mol. The lowest BCUT2D eigenvalue weighted by Gasteiger charge is -2.36. The standard InChI is InChI=1S/C50H72FN7O8S3Si2/c1-37-34-44(54-55-46(37)53-49-57(36-64-31-33-70(8,9)10)40-21-13-14-22-42(40)67-49)56(26-15-16-30-66-71(11,12)50(2,3)4)48-52-45(47(59)63-7)43(68-48)23-18-29-65-41-25-24-38(35-39(41)51)20-17-27-58(5,6)28-19-32-69(60,61)62/h13-14,21-22,24-25,34-35H,15-16,18-19,23,26-33,36H2,1-12H3/p+1. The molecule has 0 aliphatic carbocycles. The number of thiazole rings is 2. The lowest BCUT2D eigenvalue weighted by atomic mass is 10.2. The summed E-state index contributed by atoms with van der Waals surface area (Å²) >= 11 is 2.95. The molecule has 0 saturated carbocycles. The second-order valence-electron chi connectivity index (χ2n) is 21.0. The van der Waals surface area contributed by atoms with Gasteiger partial charge in [0.2, 0.25) is 0 Å². The Labute approximate surface area is 429 Å². The zero-order chi connectivity index (χ0) is 52.2. The molecule has 2 aromatic carbocycles. The zero-order valence-electron chi connectivity index (χ0n) is 43.6. The summed E-state index contributed by atoms with van der Waals surface area (Å²) in [5.74, 6) is 5.71. The zero-order valence-corrected chi connectivity index (χ0v) is 48.0. The number of aromatic nitrogens is 4. The molecule has 0 atom stereocenters. The van der Waals surface area contributed by atoms with Crippen LogP contribution in [0.2, 0.25) is 43.8 Å². The minimum atomic E-state index is -4.02. The molecule has 21 heteroatoms. The average molecular weight is 1070 g/mol. The van der Waals surface area contributed by atoms with E-state index in [2.05, 4.69) is 87.1 Å². The number of fused-ring (bicyclic) bond motifs is 1. The van der Waals surface area contributed by atoms with Crippen LogP contribution in [0.15, 0.2) is 53.5 Å². The number of rotatable bonds is 25. The molecule has 5 rings (SSSR count). The van der Waals surface area contributed by atoms with Crippen LogP contribution in [0.5, 0.6) is 5.75 Å². The maximum absolute atomic E-state index is 15.2. The fourth-order valence-electron chi connectivity index (χ4n) is 6.89. The number of nitrogens with zero attached hydrogens (tertiary/aromatic N) is 7. The van der Waals surface area contributed by atoms with Gasteiger partial charge in [0.15, 0.2) is 47.1 Å². The van der Waals surface area contributed by atoms with Crippen molar-refractivity contribution in [3.05, 3.63) is 80.8 Å². The maximum Gasteiger partial charge on any atom is 0.357 e. The number of anilines is 2. The van der Waals surface area contributed by atoms with Crippen LogP contribution in [0.1, 0.15) is 72.9 Å². The molecule has 0 bridgehead atoms. The Hall–Kier alpha value is -4.38. The van der Waals surface area contributed by atoms with E-state index in [4.69, 9.17) is 38.3 Å². The molecule has 5 aromatic rings. The molecule has 0 aliphatic heterocycles. The highest BCUT2D eigenvalue weighted by Crippen LogP contribution is 2.37. The predicted octanol–water partition coefficient (Wildman–Crippen LogP) is 10.4. The molecule has 0 amide bonds. The average Bonchev–Trinajstić information content (AvgIpc) is 3.85. The summed E-state index contributed by atoms with van der Waals surface area (Å²) in [6.45, 7) is 23.4. The first-order valence-electron chi connectivity index (χ1n) is 24.0. The van der Waals surface area contributed by atoms with E-state index in [-0.39, 0.29) is 28.8 Å². The van der Waals surface area contributed by atoms with E-state index in [1.165, 1.54) is 30.6 Å². The van der Waals surface area contributed by atoms with Gasteiger partial charge in [0, 0.05) is 44.7 Å². The Morgan fingerprint density at radius 2 is 1.73 bits per heavy atom. The minimum Gasteiger partial charge on any atom is -0.491 e. The molecule has 15 nitrogen and oxygen atoms in total. The van der Waals surface area contributed by atoms with Crippen molar-refractivity contribution in [1.29, 1.82) is 0 Å². The van der Waals surface area contributed by atoms with Crippen LogP contribution in [0, 0.1) is 24.6 Å². The van der Waals surface area contributed by atoms with Gasteiger partial charge in [-0.25, -0.2) is 14.2 Å². The van der Waals surface area contributed by atoms with Crippen molar-refractivity contribution >= 4 is 82.1 Å². The van der Waals surface area contributed by atoms with Crippen LogP contribution >= 0.6 is 22.7 Å². The molecule has 0 radical (unpaired) electrons. The normalized spacial score (nSPS) is 12.8. The highest BCUT2D eigenvalue weighted by molar-refractivity contribution is 7.85. The third-order valence-corrected chi connectivity index (χ3v) is 21.5. The summed E-state index contributed by atoms with van der Waals surface area (Å²) in [6, 6.07) is 15.7. The second kappa shape index (κ2) is 25.0. The number of unbranched alkanes of at least 4 members (excludes halogenated alkanes) is 1. The maximum atomic E-state index is 15.2. The lowest BCUT2D eigenvalue weighted by molar-refractivity contribution is -0.883. The number of halogens is 1. The van der Waals surface area contributed by atoms with Gasteiger partial charge in [-0.3, -0.25) is 9.12 Å². The summed E-state index contributed by atoms with van der Waals surface area (Å²) in [5, 5.41) is 10.1. The number of quaternary nitrogens is 1. The van der Waals surface area contributed by atoms with E-state index in [1.807, 2.05) is 44.1 Å². The number of ether oxygens (including phenoxy) is 3. The Bertz CT molecular complexity index is 2840. The summed E-state index contributed by atoms with van der Waals surface area (Å²) in [4.78, 5) is 26.6. The van der Waals surface area contributed by atoms with Crippen molar-refractivity contribution in [1.82, 2.24) is 19.7 Å². The third-order valence-electron chi connectivity index (χ3n) is 12.2. The first-order chi connectivity index (χ1) is 33.3. The van der Waals surface area contributed by atoms with Crippen LogP contribution in [0.25, 0.3) is 10.2 Å². The Kier molecular flexibility index (Phi) is 20.3. The van der Waals surface area contributed by atoms with Crippen LogP contribution in [-0.2, 0) is 37.2 Å². The van der Waals surface area contributed by atoms with Crippen molar-refractivity contribution in [3.63, 3.8) is 0 Å². The molecule has 1 N–H and O–H groups in total. The molecule has 0 saturated heterocycles. The lowest BCUT2D eigenvalue weighted by Crippen LogP contribution is -2.41. The first-order valence-corrected chi connectivity index (χ1v) is 33.8. The molecule has 0 unspecified atom stereocenters. The molecule has 3 aromatic heterocycles. The van der Waals surface area contributed by atoms with Crippen molar-refractivity contribution in [3.8, 4) is 17.6 Å². The second-order valence-corrected chi connectivity index (χ2v) is 35.1. The smallest absolute Gasteiger partial charge is 0.357 e. The highest BCUT2D eigenvalue weighted by atomic mass is 32.2. The number of hydrogen-bond acceptors (Lipinski definition) is 14. The van der Waals surface area contributed by atoms with E-state index in [1.54, 1.807) is 17.4 Å². The van der Waals surface area contributed by atoms with Gasteiger partial charge in [0.25, 0.3) is 10.1 Å². The van der Waals surface area contributed by atoms with Crippen molar-refractivity contribution < 1.29 is 45.3 Å². The van der Waals surface area contributed by atoms with Crippen molar-refractivity contribution in [2.24, 2.45) is 4.99 Å². The third kappa shape index (κ3) is 17.7. The van der Waals surface area contributed by atoms with Crippen LogP contribution in [-0.4, -0.2) is 126 Å². The molecular formula is C50H73FN7O8S3Si2+. The minimum absolute atomic E-state index is 0.0795. The fraction of sp³-hybridized carbons (Fsp3) is 0.540. The summed E-state index contributed by atoms with van der Waals surface area (Å²) in [5.41, 5.74) is 2.53. The number of aryl methyl sites for hydroxylation is 2. The van der Waals surface area contributed by atoms with E-state index >= 15 is 4.39 Å². The number of carbonyl (C=O) groups excluding carboxylic acids is 1. The first kappa shape index (κ1) is 57.5. The van der Waals surface area contributed by atoms with Gasteiger partial charge in [0.05, 0.1) is 50.3 Å². The number of hydrogen-bond donors (Lipinski definition) is 1. The van der Waals surface area contributed by atoms with Gasteiger partial charge in [-0.1, -0.05) is 69.8 Å². The van der Waals surface area contributed by atoms with E-state index in [0.29, 0.717) is 90.5 Å². The van der Waals surface area contributed by atoms with E-state index in [9.17, 15) is 13.2 Å². The number of carbonyl (C=O) groups is 1. The van der Waals surface area contributed by atoms with Gasteiger partial charge in [-0.15, -0.1) is 21.5 Å². The molecule has 71 heavy (non-hydrogen) atoms. The van der Waals surface area contributed by atoms with Gasteiger partial charge in [-0.2, -0.15) is 13.4 Å². The Morgan fingerprint density at radius 1 is 0.986 bits per heavy atom. The molecule has 0 spiro atoms. The number of methoxy groups -OCH3 is 1. The number of para-hydroxylation sites is 1. The predicted molar refractivity (Wildman–Crippen MR) is 289 cm³/mol. The number of benzene rings is 2. The molecule has 388 valence electrons. The van der Waals surface area contributed by atoms with E-state index < -0.39 is 38.3 Å². The van der Waals surface area contributed by atoms with Gasteiger partial charge in [0.1, 0.15) is 13.3 Å². The van der Waals surface area contributed by atoms with Crippen LogP contribution < -0.4 is 14.4 Å². The van der Waals surface area contributed by atoms with Gasteiger partial charge < -0.3 is 28.0 Å². The fourth-order valence-corrected chi connectivity index (χ4v) is 11.4. The Balaban J connectivity index is 1.34. The largest absolute Gasteiger partial charge is 0.491 e. The van der Waals surface area contributed by atoms with Crippen molar-refractivity contribution in [2.45, 2.75) is 110 Å². The van der Waals surface area contributed by atoms with E-state index in [0.717, 1.165) is 39.5 Å². The summed E-state index contributed by atoms with van der Waals surface area (Å²) in [7, 11) is -2.09. The van der Waals surface area contributed by atoms with Gasteiger partial charge >= 0.3 is 5.97 Å². The SMILES string of the molecule is COC(=O)c1nc(N(CCCCO[Si](C)(C)C(C)(C)C)c2cc(C)c(N=c3sc4ccccc4n3COCC[Si](C)(C)C)nn2)sc1CCCOc1ccc(C#CC[N+](C)(C)CCCS(=O)(=O)O)cc1F. The highest BCUT2D eigenvalue weighted by Gasteiger charge is 2.37. The molecule has 3 heterocycles. The summed E-state index contributed by atoms with van der Waals surface area (Å²) in [6.07, 6.45) is 2.72. The van der Waals surface area contributed by atoms with Crippen LogP contribution in [0.4, 0.5) is 21.2 Å². The molecule has 0 aliphatic rings. The molecule has 0 fully saturated rings. The van der Waals surface area contributed by atoms with Crippen molar-refractivity contribution in [2.75, 3.05) is 71.3 Å². The van der Waals surface area contributed by atoms with Gasteiger partial charge in [-0.05, 0) is 105 Å². The quantitative estimate of drug-likeness (QED) is 0.0147. The monoisotopic (exact) mass is 1070 g/mol. The summed E-state index contributed by atoms with van der Waals surface area (Å²) < 4.78 is 73.8.